The largest absolute Gasteiger partial charge is 0.478 e. The minimum absolute atomic E-state index is 0.0360. The van der Waals surface area contributed by atoms with Crippen LogP contribution in [0.5, 0.6) is 0 Å². The average Bonchev–Trinajstić information content (AvgIpc) is 2.99. The third kappa shape index (κ3) is 3.75. The standard InChI is InChI=1S/C19H13Cl2NO3S/c1-10-2-7-13(14(21)8-10)18(23)22-15-9-26-17(16(15)19(24)25)11-3-5-12(20)6-4-11/h2-9H,1H3,(H,22,23)(H,24,25). The molecule has 0 spiro atoms. The number of aryl methyl sites for hydroxylation is 1. The fraction of sp³-hybridized carbons (Fsp3) is 0.0526. The van der Waals surface area contributed by atoms with Crippen LogP contribution in [0, 0.1) is 6.92 Å². The van der Waals surface area contributed by atoms with E-state index in [-0.39, 0.29) is 16.8 Å². The molecular formula is C19H13Cl2NO3S. The van der Waals surface area contributed by atoms with E-state index in [0.717, 1.165) is 5.56 Å². The van der Waals surface area contributed by atoms with Gasteiger partial charge < -0.3 is 10.4 Å². The molecule has 2 aromatic carbocycles. The highest BCUT2D eigenvalue weighted by molar-refractivity contribution is 7.14. The maximum Gasteiger partial charge on any atom is 0.339 e. The van der Waals surface area contributed by atoms with Gasteiger partial charge in [-0.3, -0.25) is 4.79 Å². The Kier molecular flexibility index (Phi) is 5.32. The predicted molar refractivity (Wildman–Crippen MR) is 106 cm³/mol. The molecule has 1 aromatic heterocycles. The predicted octanol–water partition coefficient (Wildman–Crippen LogP) is 5.98. The topological polar surface area (TPSA) is 66.4 Å². The number of hydrogen-bond acceptors (Lipinski definition) is 3. The van der Waals surface area contributed by atoms with Crippen molar-refractivity contribution >= 4 is 52.1 Å². The number of carbonyl (C=O) groups excluding carboxylic acids is 1. The van der Waals surface area contributed by atoms with E-state index in [1.54, 1.807) is 47.8 Å². The normalized spacial score (nSPS) is 10.6. The lowest BCUT2D eigenvalue weighted by Gasteiger charge is -2.08. The summed E-state index contributed by atoms with van der Waals surface area (Å²) in [6.07, 6.45) is 0. The number of halogens is 2. The first-order valence-electron chi connectivity index (χ1n) is 7.55. The molecular weight excluding hydrogens is 393 g/mol. The van der Waals surface area contributed by atoms with Crippen LogP contribution >= 0.6 is 34.5 Å². The van der Waals surface area contributed by atoms with E-state index in [1.165, 1.54) is 11.3 Å². The van der Waals surface area contributed by atoms with Gasteiger partial charge in [-0.05, 0) is 42.3 Å². The minimum atomic E-state index is -1.12. The van der Waals surface area contributed by atoms with E-state index >= 15 is 0 Å². The summed E-state index contributed by atoms with van der Waals surface area (Å²) < 4.78 is 0. The lowest BCUT2D eigenvalue weighted by molar-refractivity contribution is 0.0699. The van der Waals surface area contributed by atoms with Crippen molar-refractivity contribution in [3.05, 3.63) is 74.6 Å². The van der Waals surface area contributed by atoms with Gasteiger partial charge in [-0.25, -0.2) is 4.79 Å². The molecule has 0 aliphatic carbocycles. The number of nitrogens with one attached hydrogen (secondary N) is 1. The number of hydrogen-bond donors (Lipinski definition) is 2. The highest BCUT2D eigenvalue weighted by Crippen LogP contribution is 2.37. The Morgan fingerprint density at radius 1 is 1.08 bits per heavy atom. The van der Waals surface area contributed by atoms with Crippen LogP contribution in [0.3, 0.4) is 0 Å². The fourth-order valence-electron chi connectivity index (χ4n) is 2.47. The quantitative estimate of drug-likeness (QED) is 0.560. The Morgan fingerprint density at radius 3 is 2.38 bits per heavy atom. The Balaban J connectivity index is 1.97. The summed E-state index contributed by atoms with van der Waals surface area (Å²) in [7, 11) is 0. The first kappa shape index (κ1) is 18.5. The highest BCUT2D eigenvalue weighted by Gasteiger charge is 2.22. The van der Waals surface area contributed by atoms with Gasteiger partial charge in [0.05, 0.1) is 21.2 Å². The van der Waals surface area contributed by atoms with E-state index in [9.17, 15) is 14.7 Å². The van der Waals surface area contributed by atoms with Crippen molar-refractivity contribution in [1.29, 1.82) is 0 Å². The van der Waals surface area contributed by atoms with E-state index in [2.05, 4.69) is 5.32 Å². The first-order valence-corrected chi connectivity index (χ1v) is 9.18. The number of benzene rings is 2. The molecule has 0 saturated heterocycles. The van der Waals surface area contributed by atoms with Gasteiger partial charge in [-0.1, -0.05) is 41.4 Å². The molecule has 0 unspecified atom stereocenters. The van der Waals surface area contributed by atoms with Crippen LogP contribution in [0.2, 0.25) is 10.0 Å². The lowest BCUT2D eigenvalue weighted by atomic mass is 10.1. The van der Waals surface area contributed by atoms with E-state index in [4.69, 9.17) is 23.2 Å². The zero-order valence-electron chi connectivity index (χ0n) is 13.5. The fourth-order valence-corrected chi connectivity index (χ4v) is 3.92. The molecule has 0 atom stereocenters. The first-order chi connectivity index (χ1) is 12.4. The summed E-state index contributed by atoms with van der Waals surface area (Å²) >= 11 is 13.2. The molecule has 0 aliphatic heterocycles. The van der Waals surface area contributed by atoms with E-state index in [0.29, 0.717) is 20.5 Å². The lowest BCUT2D eigenvalue weighted by Crippen LogP contribution is -2.14. The number of carboxylic acids is 1. The molecule has 1 heterocycles. The molecule has 0 radical (unpaired) electrons. The van der Waals surface area contributed by atoms with Crippen LogP contribution in [0.15, 0.2) is 47.8 Å². The summed E-state index contributed by atoms with van der Waals surface area (Å²) in [4.78, 5) is 24.8. The van der Waals surface area contributed by atoms with Gasteiger partial charge in [-0.2, -0.15) is 0 Å². The van der Waals surface area contributed by atoms with Crippen molar-refractivity contribution in [1.82, 2.24) is 0 Å². The molecule has 1 amide bonds. The minimum Gasteiger partial charge on any atom is -0.478 e. The van der Waals surface area contributed by atoms with Crippen molar-refractivity contribution in [3.63, 3.8) is 0 Å². The zero-order valence-corrected chi connectivity index (χ0v) is 15.9. The molecule has 3 aromatic rings. The van der Waals surface area contributed by atoms with Crippen LogP contribution in [0.4, 0.5) is 5.69 Å². The van der Waals surface area contributed by atoms with Crippen molar-refractivity contribution in [2.75, 3.05) is 5.32 Å². The molecule has 2 N–H and O–H groups in total. The number of anilines is 1. The number of carboxylic acid groups (broad SMARTS) is 1. The van der Waals surface area contributed by atoms with Crippen molar-refractivity contribution < 1.29 is 14.7 Å². The third-order valence-corrected chi connectivity index (χ3v) is 5.32. The molecule has 0 saturated carbocycles. The summed E-state index contributed by atoms with van der Waals surface area (Å²) in [5, 5.41) is 14.8. The number of thiophene rings is 1. The van der Waals surface area contributed by atoms with Crippen LogP contribution < -0.4 is 5.32 Å². The van der Waals surface area contributed by atoms with Crippen LogP contribution in [0.25, 0.3) is 10.4 Å². The van der Waals surface area contributed by atoms with Gasteiger partial charge in [-0.15, -0.1) is 11.3 Å². The SMILES string of the molecule is Cc1ccc(C(=O)Nc2csc(-c3ccc(Cl)cc3)c2C(=O)O)c(Cl)c1. The van der Waals surface area contributed by atoms with Gasteiger partial charge >= 0.3 is 5.97 Å². The highest BCUT2D eigenvalue weighted by atomic mass is 35.5. The van der Waals surface area contributed by atoms with Crippen LogP contribution in [-0.2, 0) is 0 Å². The molecule has 0 aliphatic rings. The second kappa shape index (κ2) is 7.50. The smallest absolute Gasteiger partial charge is 0.339 e. The molecule has 4 nitrogen and oxygen atoms in total. The molecule has 0 fully saturated rings. The van der Waals surface area contributed by atoms with Crippen LogP contribution in [0.1, 0.15) is 26.3 Å². The summed E-state index contributed by atoms with van der Waals surface area (Å²) in [5.74, 6) is -1.58. The van der Waals surface area contributed by atoms with Gasteiger partial charge in [0, 0.05) is 10.4 Å². The Bertz CT molecular complexity index is 997. The molecule has 26 heavy (non-hydrogen) atoms. The van der Waals surface area contributed by atoms with Gasteiger partial charge in [0.25, 0.3) is 5.91 Å². The molecule has 132 valence electrons. The van der Waals surface area contributed by atoms with Gasteiger partial charge in [0.2, 0.25) is 0 Å². The average molecular weight is 406 g/mol. The number of rotatable bonds is 4. The Morgan fingerprint density at radius 2 is 1.77 bits per heavy atom. The monoisotopic (exact) mass is 405 g/mol. The Labute approximate surface area is 164 Å². The van der Waals surface area contributed by atoms with E-state index in [1.807, 2.05) is 6.92 Å². The number of aromatic carboxylic acids is 1. The van der Waals surface area contributed by atoms with Crippen molar-refractivity contribution in [2.45, 2.75) is 6.92 Å². The molecule has 3 rings (SSSR count). The second-order valence-corrected chi connectivity index (χ2v) is 7.33. The van der Waals surface area contributed by atoms with Crippen molar-refractivity contribution in [3.8, 4) is 10.4 Å². The zero-order chi connectivity index (χ0) is 18.8. The third-order valence-electron chi connectivity index (χ3n) is 3.73. The maximum absolute atomic E-state index is 12.5. The van der Waals surface area contributed by atoms with Crippen LogP contribution in [-0.4, -0.2) is 17.0 Å². The van der Waals surface area contributed by atoms with Gasteiger partial charge in [0.15, 0.2) is 0 Å². The number of amides is 1. The Hall–Kier alpha value is -2.34. The summed E-state index contributed by atoms with van der Waals surface area (Å²) in [6, 6.07) is 11.9. The maximum atomic E-state index is 12.5. The summed E-state index contributed by atoms with van der Waals surface area (Å²) in [5.41, 5.74) is 2.19. The summed E-state index contributed by atoms with van der Waals surface area (Å²) in [6.45, 7) is 1.87. The van der Waals surface area contributed by atoms with E-state index < -0.39 is 11.9 Å². The second-order valence-electron chi connectivity index (χ2n) is 5.60. The molecule has 0 bridgehead atoms. The number of carbonyl (C=O) groups is 2. The van der Waals surface area contributed by atoms with Gasteiger partial charge in [0.1, 0.15) is 5.56 Å². The molecule has 7 heteroatoms. The van der Waals surface area contributed by atoms with Crippen molar-refractivity contribution in [2.24, 2.45) is 0 Å².